The maximum atomic E-state index is 12.5. The molecule has 128 valence electrons. The van der Waals surface area contributed by atoms with Crippen LogP contribution in [0.1, 0.15) is 11.1 Å². The lowest BCUT2D eigenvalue weighted by molar-refractivity contribution is -0.384. The molecule has 2 amide bonds. The van der Waals surface area contributed by atoms with Crippen LogP contribution in [-0.4, -0.2) is 26.3 Å². The SMILES string of the molecule is Cc1ccccc1N[C@H]1SC(=O)N(Cc2ccc([N+](=O)[O-])cc2)C1=O. The normalized spacial score (nSPS) is 17.0. The molecule has 1 heterocycles. The lowest BCUT2D eigenvalue weighted by Gasteiger charge is -2.15. The molecule has 7 nitrogen and oxygen atoms in total. The number of imide groups is 1. The highest BCUT2D eigenvalue weighted by Gasteiger charge is 2.39. The summed E-state index contributed by atoms with van der Waals surface area (Å²) in [4.78, 5) is 36.0. The third kappa shape index (κ3) is 3.63. The Balaban J connectivity index is 1.71. The molecule has 0 aliphatic carbocycles. The summed E-state index contributed by atoms with van der Waals surface area (Å²) >= 11 is 0.931. The maximum Gasteiger partial charge on any atom is 0.291 e. The first-order valence-electron chi connectivity index (χ1n) is 7.53. The van der Waals surface area contributed by atoms with Gasteiger partial charge in [-0.2, -0.15) is 0 Å². The molecular formula is C17H15N3O4S. The number of para-hydroxylation sites is 1. The van der Waals surface area contributed by atoms with Gasteiger partial charge in [0, 0.05) is 17.8 Å². The second-order valence-electron chi connectivity index (χ2n) is 5.57. The van der Waals surface area contributed by atoms with Crippen LogP contribution >= 0.6 is 11.8 Å². The van der Waals surface area contributed by atoms with Gasteiger partial charge in [-0.25, -0.2) is 0 Å². The van der Waals surface area contributed by atoms with E-state index in [0.717, 1.165) is 27.9 Å². The highest BCUT2D eigenvalue weighted by Crippen LogP contribution is 2.30. The summed E-state index contributed by atoms with van der Waals surface area (Å²) in [6, 6.07) is 13.3. The Morgan fingerprint density at radius 2 is 1.84 bits per heavy atom. The van der Waals surface area contributed by atoms with E-state index in [0.29, 0.717) is 5.56 Å². The molecule has 2 aromatic rings. The van der Waals surface area contributed by atoms with Crippen molar-refractivity contribution in [1.29, 1.82) is 0 Å². The van der Waals surface area contributed by atoms with Crippen LogP contribution in [0.15, 0.2) is 48.5 Å². The Hall–Kier alpha value is -2.87. The van der Waals surface area contributed by atoms with Crippen molar-refractivity contribution in [2.45, 2.75) is 18.8 Å². The van der Waals surface area contributed by atoms with Crippen molar-refractivity contribution < 1.29 is 14.5 Å². The summed E-state index contributed by atoms with van der Waals surface area (Å²) in [6.07, 6.45) is 0. The van der Waals surface area contributed by atoms with Crippen molar-refractivity contribution in [3.63, 3.8) is 0 Å². The smallest absolute Gasteiger partial charge is 0.291 e. The van der Waals surface area contributed by atoms with E-state index in [4.69, 9.17) is 0 Å². The lowest BCUT2D eigenvalue weighted by atomic mass is 10.2. The molecule has 1 fully saturated rings. The average molecular weight is 357 g/mol. The van der Waals surface area contributed by atoms with E-state index in [1.54, 1.807) is 12.1 Å². The Morgan fingerprint density at radius 3 is 2.48 bits per heavy atom. The number of nitro benzene ring substituents is 1. The van der Waals surface area contributed by atoms with Crippen LogP contribution in [0.5, 0.6) is 0 Å². The quantitative estimate of drug-likeness (QED) is 0.650. The van der Waals surface area contributed by atoms with Gasteiger partial charge in [-0.15, -0.1) is 0 Å². The van der Waals surface area contributed by atoms with Gasteiger partial charge in [0.25, 0.3) is 16.8 Å². The summed E-state index contributed by atoms with van der Waals surface area (Å²) in [5.74, 6) is -0.323. The van der Waals surface area contributed by atoms with Crippen LogP contribution in [0.25, 0.3) is 0 Å². The van der Waals surface area contributed by atoms with Crippen molar-refractivity contribution in [3.05, 3.63) is 69.8 Å². The molecule has 1 atom stereocenters. The number of hydrogen-bond acceptors (Lipinski definition) is 6. The predicted octanol–water partition coefficient (Wildman–Crippen LogP) is 3.54. The van der Waals surface area contributed by atoms with Crippen LogP contribution < -0.4 is 5.32 Å². The summed E-state index contributed by atoms with van der Waals surface area (Å²) in [5, 5.41) is 12.8. The number of nitro groups is 1. The van der Waals surface area contributed by atoms with E-state index in [-0.39, 0.29) is 23.4 Å². The molecule has 0 bridgehead atoms. The Bertz CT molecular complexity index is 838. The molecular weight excluding hydrogens is 342 g/mol. The van der Waals surface area contributed by atoms with Gasteiger partial charge in [0.05, 0.1) is 11.5 Å². The molecule has 8 heteroatoms. The van der Waals surface area contributed by atoms with Crippen molar-refractivity contribution in [2.24, 2.45) is 0 Å². The topological polar surface area (TPSA) is 92.6 Å². The van der Waals surface area contributed by atoms with E-state index in [9.17, 15) is 19.7 Å². The van der Waals surface area contributed by atoms with Gasteiger partial charge in [0.15, 0.2) is 5.37 Å². The zero-order valence-corrected chi connectivity index (χ0v) is 14.2. The fraction of sp³-hybridized carbons (Fsp3) is 0.176. The van der Waals surface area contributed by atoms with Crippen LogP contribution in [-0.2, 0) is 11.3 Å². The Labute approximate surface area is 148 Å². The van der Waals surface area contributed by atoms with Crippen molar-refractivity contribution >= 4 is 34.3 Å². The number of thioether (sulfide) groups is 1. The molecule has 0 aromatic heterocycles. The van der Waals surface area contributed by atoms with E-state index in [1.165, 1.54) is 12.1 Å². The summed E-state index contributed by atoms with van der Waals surface area (Å²) in [6.45, 7) is 2.01. The molecule has 25 heavy (non-hydrogen) atoms. The predicted molar refractivity (Wildman–Crippen MR) is 95.2 cm³/mol. The molecule has 3 rings (SSSR count). The molecule has 1 saturated heterocycles. The van der Waals surface area contributed by atoms with Crippen LogP contribution in [0, 0.1) is 17.0 Å². The molecule has 0 spiro atoms. The van der Waals surface area contributed by atoms with Gasteiger partial charge in [0.2, 0.25) is 0 Å². The monoisotopic (exact) mass is 357 g/mol. The van der Waals surface area contributed by atoms with E-state index < -0.39 is 10.3 Å². The standard InChI is InChI=1S/C17H15N3O4S/c1-11-4-2-3-5-14(11)18-15-16(21)19(17(22)25-15)10-12-6-8-13(9-7-12)20(23)24/h2-9,15,18H,10H2,1H3/t15-/m0/s1. The van der Waals surface area contributed by atoms with Crippen LogP contribution in [0.2, 0.25) is 0 Å². The first kappa shape index (κ1) is 17.0. The molecule has 0 unspecified atom stereocenters. The molecule has 1 N–H and O–H groups in total. The van der Waals surface area contributed by atoms with E-state index in [1.807, 2.05) is 31.2 Å². The van der Waals surface area contributed by atoms with Gasteiger partial charge >= 0.3 is 0 Å². The number of aryl methyl sites for hydroxylation is 1. The minimum Gasteiger partial charge on any atom is -0.365 e. The second kappa shape index (κ2) is 6.94. The van der Waals surface area contributed by atoms with Gasteiger partial charge in [-0.3, -0.25) is 24.6 Å². The summed E-state index contributed by atoms with van der Waals surface area (Å²) in [7, 11) is 0. The number of benzene rings is 2. The highest BCUT2D eigenvalue weighted by molar-refractivity contribution is 8.15. The molecule has 2 aromatic carbocycles. The lowest BCUT2D eigenvalue weighted by Crippen LogP contribution is -2.34. The maximum absolute atomic E-state index is 12.5. The zero-order chi connectivity index (χ0) is 18.0. The highest BCUT2D eigenvalue weighted by atomic mass is 32.2. The number of non-ortho nitro benzene ring substituents is 1. The molecule has 1 aliphatic heterocycles. The Kier molecular flexibility index (Phi) is 4.71. The number of carbonyl (C=O) groups excluding carboxylic acids is 2. The van der Waals surface area contributed by atoms with Gasteiger partial charge < -0.3 is 5.32 Å². The third-order valence-electron chi connectivity index (χ3n) is 3.85. The number of hydrogen-bond donors (Lipinski definition) is 1. The van der Waals surface area contributed by atoms with Gasteiger partial charge in [0.1, 0.15) is 0 Å². The van der Waals surface area contributed by atoms with Crippen molar-refractivity contribution in [3.8, 4) is 0 Å². The summed E-state index contributed by atoms with van der Waals surface area (Å²) < 4.78 is 0. The van der Waals surface area contributed by atoms with E-state index >= 15 is 0 Å². The first-order chi connectivity index (χ1) is 12.0. The fourth-order valence-electron chi connectivity index (χ4n) is 2.46. The average Bonchev–Trinajstić information content (AvgIpc) is 2.85. The second-order valence-corrected chi connectivity index (χ2v) is 6.63. The fourth-order valence-corrected chi connectivity index (χ4v) is 3.36. The number of carbonyl (C=O) groups is 2. The number of nitrogens with zero attached hydrogens (tertiary/aromatic N) is 2. The molecule has 0 radical (unpaired) electrons. The number of rotatable bonds is 5. The third-order valence-corrected chi connectivity index (χ3v) is 4.83. The van der Waals surface area contributed by atoms with Crippen LogP contribution in [0.4, 0.5) is 16.2 Å². The largest absolute Gasteiger partial charge is 0.365 e. The first-order valence-corrected chi connectivity index (χ1v) is 8.41. The number of amides is 2. The zero-order valence-electron chi connectivity index (χ0n) is 13.3. The van der Waals surface area contributed by atoms with Gasteiger partial charge in [-0.1, -0.05) is 30.3 Å². The molecule has 0 saturated carbocycles. The number of anilines is 1. The Morgan fingerprint density at radius 1 is 1.16 bits per heavy atom. The molecule has 1 aliphatic rings. The van der Waals surface area contributed by atoms with Gasteiger partial charge in [-0.05, 0) is 35.9 Å². The minimum atomic E-state index is -0.674. The van der Waals surface area contributed by atoms with Crippen molar-refractivity contribution in [2.75, 3.05) is 5.32 Å². The van der Waals surface area contributed by atoms with Crippen molar-refractivity contribution in [1.82, 2.24) is 4.90 Å². The van der Waals surface area contributed by atoms with Crippen LogP contribution in [0.3, 0.4) is 0 Å². The minimum absolute atomic E-state index is 0.0312. The number of nitrogens with one attached hydrogen (secondary N) is 1. The summed E-state index contributed by atoms with van der Waals surface area (Å²) in [5.41, 5.74) is 2.41. The van der Waals surface area contributed by atoms with E-state index in [2.05, 4.69) is 5.32 Å².